The Hall–Kier alpha value is -0.800. The number of rotatable bonds is 3. The van der Waals surface area contributed by atoms with E-state index in [1.807, 2.05) is 0 Å². The highest BCUT2D eigenvalue weighted by Gasteiger charge is 2.03. The minimum Gasteiger partial charge on any atom is -0.378 e. The zero-order chi connectivity index (χ0) is 10.6. The lowest BCUT2D eigenvalue weighted by Crippen LogP contribution is -2.03. The van der Waals surface area contributed by atoms with Gasteiger partial charge < -0.3 is 5.32 Å². The van der Waals surface area contributed by atoms with E-state index >= 15 is 0 Å². The first-order chi connectivity index (χ1) is 6.63. The van der Waals surface area contributed by atoms with Gasteiger partial charge in [0.05, 0.1) is 12.2 Å². The Bertz CT molecular complexity index is 353. The summed E-state index contributed by atoms with van der Waals surface area (Å²) in [6.45, 7) is 0.158. The van der Waals surface area contributed by atoms with Crippen molar-refractivity contribution in [2.24, 2.45) is 0 Å². The Labute approximate surface area is 90.3 Å². The summed E-state index contributed by atoms with van der Waals surface area (Å²) in [6.07, 6.45) is 0. The first-order valence-electron chi connectivity index (χ1n) is 3.77. The molecule has 0 aliphatic carbocycles. The van der Waals surface area contributed by atoms with E-state index in [2.05, 4.69) is 5.32 Å². The molecule has 1 aromatic rings. The first kappa shape index (κ1) is 11.3. The molecule has 1 rings (SSSR count). The fraction of sp³-hybridized carbons (Fsp3) is 0.111. The van der Waals surface area contributed by atoms with Crippen molar-refractivity contribution in [2.75, 3.05) is 11.9 Å². The Morgan fingerprint density at radius 3 is 2.79 bits per heavy atom. The molecule has 1 N–H and O–H groups in total. The van der Waals surface area contributed by atoms with Gasteiger partial charge in [0, 0.05) is 10.6 Å². The van der Waals surface area contributed by atoms with Crippen LogP contribution in [0.3, 0.4) is 0 Å². The lowest BCUT2D eigenvalue weighted by atomic mass is 10.3. The van der Waals surface area contributed by atoms with Crippen LogP contribution in [0.4, 0.5) is 14.5 Å². The Morgan fingerprint density at radius 1 is 1.43 bits per heavy atom. The molecule has 0 aromatic heterocycles. The second-order valence-corrected chi connectivity index (χ2v) is 3.24. The number of benzene rings is 1. The van der Waals surface area contributed by atoms with Crippen LogP contribution in [0.5, 0.6) is 0 Å². The van der Waals surface area contributed by atoms with Crippen molar-refractivity contribution < 1.29 is 8.78 Å². The predicted octanol–water partition coefficient (Wildman–Crippen LogP) is 3.70. The van der Waals surface area contributed by atoms with Crippen molar-refractivity contribution in [2.45, 2.75) is 0 Å². The molecule has 0 saturated heterocycles. The molecule has 0 aliphatic rings. The van der Waals surface area contributed by atoms with E-state index in [0.717, 1.165) is 23.7 Å². The van der Waals surface area contributed by atoms with E-state index < -0.39 is 11.6 Å². The summed E-state index contributed by atoms with van der Waals surface area (Å²) >= 11 is 10.8. The molecule has 0 bridgehead atoms. The molecule has 0 saturated carbocycles. The number of hydrogen-bond acceptors (Lipinski definition) is 1. The second kappa shape index (κ2) is 5.17. The van der Waals surface area contributed by atoms with Crippen molar-refractivity contribution in [1.82, 2.24) is 0 Å². The summed E-state index contributed by atoms with van der Waals surface area (Å²) in [6, 6.07) is 3.13. The normalized spacial score (nSPS) is 11.6. The van der Waals surface area contributed by atoms with Crippen molar-refractivity contribution in [3.05, 3.63) is 40.4 Å². The topological polar surface area (TPSA) is 12.0 Å². The van der Waals surface area contributed by atoms with Crippen LogP contribution >= 0.6 is 23.2 Å². The number of anilines is 1. The summed E-state index contributed by atoms with van der Waals surface area (Å²) in [5, 5.41) is 2.92. The van der Waals surface area contributed by atoms with Gasteiger partial charge >= 0.3 is 0 Å². The molecule has 5 heteroatoms. The zero-order valence-electron chi connectivity index (χ0n) is 7.03. The predicted molar refractivity (Wildman–Crippen MR) is 54.6 cm³/mol. The van der Waals surface area contributed by atoms with Crippen LogP contribution in [0.15, 0.2) is 28.8 Å². The number of hydrogen-bond donors (Lipinski definition) is 1. The van der Waals surface area contributed by atoms with Gasteiger partial charge in [-0.05, 0) is 18.2 Å². The van der Waals surface area contributed by atoms with E-state index in [-0.39, 0.29) is 12.2 Å². The highest BCUT2D eigenvalue weighted by molar-refractivity contribution is 6.36. The summed E-state index contributed by atoms with van der Waals surface area (Å²) in [4.78, 5) is 0. The van der Waals surface area contributed by atoms with E-state index in [0.29, 0.717) is 5.03 Å². The van der Waals surface area contributed by atoms with Gasteiger partial charge in [0.25, 0.3) is 0 Å². The minimum atomic E-state index is -0.537. The van der Waals surface area contributed by atoms with Gasteiger partial charge in [-0.15, -0.1) is 0 Å². The highest BCUT2D eigenvalue weighted by Crippen LogP contribution is 2.16. The molecule has 14 heavy (non-hydrogen) atoms. The number of nitrogens with one attached hydrogen (secondary N) is 1. The molecule has 0 aliphatic heterocycles. The SMILES string of the molecule is Fc1ccc(F)c(NC/C(Cl)=C/Cl)c1. The maximum Gasteiger partial charge on any atom is 0.146 e. The van der Waals surface area contributed by atoms with E-state index in [9.17, 15) is 8.78 Å². The molecule has 76 valence electrons. The second-order valence-electron chi connectivity index (χ2n) is 2.53. The molecule has 0 unspecified atom stereocenters. The largest absolute Gasteiger partial charge is 0.378 e. The average molecular weight is 238 g/mol. The third-order valence-electron chi connectivity index (χ3n) is 1.49. The van der Waals surface area contributed by atoms with Crippen LogP contribution in [-0.4, -0.2) is 6.54 Å². The maximum atomic E-state index is 13.0. The van der Waals surface area contributed by atoms with Crippen LogP contribution < -0.4 is 5.32 Å². The Morgan fingerprint density at radius 2 is 2.14 bits per heavy atom. The standard InChI is InChI=1S/C9H7Cl2F2N/c10-4-6(11)5-14-9-3-7(12)1-2-8(9)13/h1-4,14H,5H2/b6-4-. The smallest absolute Gasteiger partial charge is 0.146 e. The van der Waals surface area contributed by atoms with Gasteiger partial charge in [0.2, 0.25) is 0 Å². The lowest BCUT2D eigenvalue weighted by molar-refractivity contribution is 0.603. The molecule has 0 radical (unpaired) electrons. The molecule has 1 aromatic carbocycles. The fourth-order valence-corrected chi connectivity index (χ4v) is 0.995. The van der Waals surface area contributed by atoms with E-state index in [1.54, 1.807) is 0 Å². The first-order valence-corrected chi connectivity index (χ1v) is 4.58. The fourth-order valence-electron chi connectivity index (χ4n) is 0.851. The summed E-state index contributed by atoms with van der Waals surface area (Å²) in [7, 11) is 0. The zero-order valence-corrected chi connectivity index (χ0v) is 8.54. The average Bonchev–Trinajstić information content (AvgIpc) is 2.19. The van der Waals surface area contributed by atoms with Crippen LogP contribution in [0.2, 0.25) is 0 Å². The van der Waals surface area contributed by atoms with Gasteiger partial charge in [-0.1, -0.05) is 23.2 Å². The third-order valence-corrected chi connectivity index (χ3v) is 2.11. The maximum absolute atomic E-state index is 13.0. The Balaban J connectivity index is 2.71. The summed E-state index contributed by atoms with van der Waals surface area (Å²) in [5.41, 5.74) is 1.22. The van der Waals surface area contributed by atoms with Crippen molar-refractivity contribution in [3.8, 4) is 0 Å². The van der Waals surface area contributed by atoms with Crippen molar-refractivity contribution in [3.63, 3.8) is 0 Å². The molecule has 0 amide bonds. The summed E-state index contributed by atoms with van der Waals surface area (Å²) in [5.74, 6) is -1.05. The third kappa shape index (κ3) is 3.16. The quantitative estimate of drug-likeness (QED) is 0.846. The van der Waals surface area contributed by atoms with Crippen LogP contribution in [0.1, 0.15) is 0 Å². The van der Waals surface area contributed by atoms with Crippen molar-refractivity contribution in [1.29, 1.82) is 0 Å². The molecule has 0 fully saturated rings. The van der Waals surface area contributed by atoms with E-state index in [4.69, 9.17) is 23.2 Å². The lowest BCUT2D eigenvalue weighted by Gasteiger charge is -2.06. The van der Waals surface area contributed by atoms with Gasteiger partial charge in [0.15, 0.2) is 0 Å². The number of halogens is 4. The molecule has 1 nitrogen and oxygen atoms in total. The van der Waals surface area contributed by atoms with E-state index in [1.165, 1.54) is 0 Å². The molecular formula is C9H7Cl2F2N. The molecule has 0 atom stereocenters. The van der Waals surface area contributed by atoms with Gasteiger partial charge in [0.1, 0.15) is 11.6 Å². The van der Waals surface area contributed by atoms with Crippen molar-refractivity contribution >= 4 is 28.9 Å². The summed E-state index contributed by atoms with van der Waals surface area (Å²) < 4.78 is 25.7. The minimum absolute atomic E-state index is 0.0571. The highest BCUT2D eigenvalue weighted by atomic mass is 35.5. The van der Waals surface area contributed by atoms with Crippen LogP contribution in [0.25, 0.3) is 0 Å². The van der Waals surface area contributed by atoms with Crippen LogP contribution in [0, 0.1) is 11.6 Å². The van der Waals surface area contributed by atoms with Gasteiger partial charge in [-0.2, -0.15) is 0 Å². The molecule has 0 spiro atoms. The Kier molecular flexibility index (Phi) is 4.17. The molecule has 0 heterocycles. The monoisotopic (exact) mass is 237 g/mol. The van der Waals surface area contributed by atoms with Gasteiger partial charge in [-0.3, -0.25) is 0 Å². The molecular weight excluding hydrogens is 231 g/mol. The van der Waals surface area contributed by atoms with Crippen LogP contribution in [-0.2, 0) is 0 Å². The van der Waals surface area contributed by atoms with Gasteiger partial charge in [-0.25, -0.2) is 8.78 Å².